The molecule has 1 aliphatic heterocycles. The maximum atomic E-state index is 12.7. The first-order chi connectivity index (χ1) is 28.9. The third kappa shape index (κ3) is 9.49. The van der Waals surface area contributed by atoms with Crippen LogP contribution in [0.5, 0.6) is 28.7 Å². The van der Waals surface area contributed by atoms with Gasteiger partial charge in [0.1, 0.15) is 28.7 Å². The first-order valence-corrected chi connectivity index (χ1v) is 19.7. The van der Waals surface area contributed by atoms with E-state index in [1.54, 1.807) is 28.4 Å². The monoisotopic (exact) mass is 801 g/mol. The first-order valence-electron chi connectivity index (χ1n) is 19.7. The van der Waals surface area contributed by atoms with E-state index in [9.17, 15) is 9.90 Å². The van der Waals surface area contributed by atoms with Gasteiger partial charge in [0, 0.05) is 45.0 Å². The van der Waals surface area contributed by atoms with Gasteiger partial charge in [-0.25, -0.2) is 4.79 Å². The van der Waals surface area contributed by atoms with Crippen molar-refractivity contribution in [2.45, 2.75) is 44.4 Å². The van der Waals surface area contributed by atoms with Gasteiger partial charge in [-0.15, -0.1) is 0 Å². The number of hydrogen-bond acceptors (Lipinski definition) is 9. The van der Waals surface area contributed by atoms with E-state index in [0.717, 1.165) is 56.0 Å². The van der Waals surface area contributed by atoms with E-state index in [1.165, 1.54) is 4.90 Å². The molecule has 0 saturated carbocycles. The van der Waals surface area contributed by atoms with Crippen molar-refractivity contribution in [1.29, 1.82) is 0 Å². The van der Waals surface area contributed by atoms with E-state index < -0.39 is 18.3 Å². The summed E-state index contributed by atoms with van der Waals surface area (Å²) in [6, 6.07) is 37.6. The molecule has 1 fully saturated rings. The molecule has 59 heavy (non-hydrogen) atoms. The highest BCUT2D eigenvalue weighted by atomic mass is 16.5. The second kappa shape index (κ2) is 19.6. The van der Waals surface area contributed by atoms with E-state index in [1.807, 2.05) is 115 Å². The smallest absolute Gasteiger partial charge is 0.407 e. The fraction of sp³-hybridized carbons (Fsp3) is 0.312. The lowest BCUT2D eigenvalue weighted by Crippen LogP contribution is -2.54. The van der Waals surface area contributed by atoms with Crippen LogP contribution < -0.4 is 23.7 Å². The molecular weight excluding hydrogens is 751 g/mol. The number of ether oxygens (including phenoxy) is 8. The summed E-state index contributed by atoms with van der Waals surface area (Å²) in [5.74, 6) is 3.06. The molecule has 7 rings (SSSR count). The summed E-state index contributed by atoms with van der Waals surface area (Å²) < 4.78 is 48.9. The molecule has 0 radical (unpaired) electrons. The Morgan fingerprint density at radius 3 is 1.61 bits per heavy atom. The first kappa shape index (κ1) is 41.2. The molecule has 3 atom stereocenters. The highest BCUT2D eigenvalue weighted by Crippen LogP contribution is 2.41. The van der Waals surface area contributed by atoms with Crippen molar-refractivity contribution in [3.8, 4) is 28.7 Å². The lowest BCUT2D eigenvalue weighted by Gasteiger charge is -2.42. The van der Waals surface area contributed by atoms with Gasteiger partial charge in [0.25, 0.3) is 0 Å². The van der Waals surface area contributed by atoms with Gasteiger partial charge >= 0.3 is 6.09 Å². The molecule has 1 saturated heterocycles. The van der Waals surface area contributed by atoms with Gasteiger partial charge in [-0.1, -0.05) is 91.0 Å². The fourth-order valence-electron chi connectivity index (χ4n) is 7.94. The van der Waals surface area contributed by atoms with Crippen molar-refractivity contribution in [2.75, 3.05) is 54.7 Å². The zero-order valence-corrected chi connectivity index (χ0v) is 33.9. The predicted molar refractivity (Wildman–Crippen MR) is 226 cm³/mol. The van der Waals surface area contributed by atoms with Gasteiger partial charge in [0.2, 0.25) is 0 Å². The van der Waals surface area contributed by atoms with Crippen LogP contribution in [0.1, 0.15) is 34.6 Å². The highest BCUT2D eigenvalue weighted by Gasteiger charge is 2.41. The Labute approximate surface area is 344 Å². The molecule has 6 aromatic carbocycles. The average Bonchev–Trinajstić information content (AvgIpc) is 3.28. The normalized spacial score (nSPS) is 16.5. The van der Waals surface area contributed by atoms with E-state index in [0.29, 0.717) is 42.8 Å². The Morgan fingerprint density at radius 1 is 0.610 bits per heavy atom. The fourth-order valence-corrected chi connectivity index (χ4v) is 7.94. The SMILES string of the molecule is COc1cc(CO[C@H]2CN(C(=O)O)C[C@@H](OCc3cc(OC)c4ccccc4c3OC)C2c2ccc(OCCCOCc3ccccc3)cc2)c(OC)c2ccccc12. The number of carboxylic acid groups (broad SMARTS) is 1. The molecule has 1 heterocycles. The number of likely N-dealkylation sites (tertiary alicyclic amines) is 1. The van der Waals surface area contributed by atoms with Gasteiger partial charge in [-0.3, -0.25) is 0 Å². The third-order valence-electron chi connectivity index (χ3n) is 10.8. The third-order valence-corrected chi connectivity index (χ3v) is 10.8. The van der Waals surface area contributed by atoms with Gasteiger partial charge in [-0.2, -0.15) is 0 Å². The minimum atomic E-state index is -1.06. The molecule has 1 aliphatic rings. The minimum Gasteiger partial charge on any atom is -0.496 e. The Bertz CT molecular complexity index is 2210. The number of piperidine rings is 1. The molecule has 0 bridgehead atoms. The number of hydrogen-bond donors (Lipinski definition) is 1. The molecule has 11 heteroatoms. The van der Waals surface area contributed by atoms with Gasteiger partial charge in [0.15, 0.2) is 0 Å². The van der Waals surface area contributed by atoms with Crippen LogP contribution in [0.25, 0.3) is 21.5 Å². The number of amides is 1. The summed E-state index contributed by atoms with van der Waals surface area (Å²) in [7, 11) is 6.54. The van der Waals surface area contributed by atoms with Crippen molar-refractivity contribution in [3.63, 3.8) is 0 Å². The zero-order chi connectivity index (χ0) is 41.1. The number of nitrogens with zero attached hydrogens (tertiary/aromatic N) is 1. The topological polar surface area (TPSA) is 114 Å². The molecule has 308 valence electrons. The Kier molecular flexibility index (Phi) is 13.7. The van der Waals surface area contributed by atoms with Crippen molar-refractivity contribution in [2.24, 2.45) is 0 Å². The largest absolute Gasteiger partial charge is 0.496 e. The number of carbonyl (C=O) groups is 1. The quantitative estimate of drug-likeness (QED) is 0.0844. The summed E-state index contributed by atoms with van der Waals surface area (Å²) >= 11 is 0. The van der Waals surface area contributed by atoms with Gasteiger partial charge < -0.3 is 47.9 Å². The van der Waals surface area contributed by atoms with E-state index in [4.69, 9.17) is 37.9 Å². The lowest BCUT2D eigenvalue weighted by molar-refractivity contribution is -0.0940. The number of fused-ring (bicyclic) bond motifs is 2. The van der Waals surface area contributed by atoms with E-state index in [-0.39, 0.29) is 32.2 Å². The highest BCUT2D eigenvalue weighted by molar-refractivity contribution is 5.95. The summed E-state index contributed by atoms with van der Waals surface area (Å²) in [6.07, 6.45) is -1.53. The van der Waals surface area contributed by atoms with Crippen LogP contribution in [-0.2, 0) is 34.0 Å². The molecule has 0 spiro atoms. The zero-order valence-electron chi connectivity index (χ0n) is 33.9. The van der Waals surface area contributed by atoms with Crippen molar-refractivity contribution < 1.29 is 47.8 Å². The predicted octanol–water partition coefficient (Wildman–Crippen LogP) is 9.26. The molecule has 1 N–H and O–H groups in total. The van der Waals surface area contributed by atoms with E-state index in [2.05, 4.69) is 0 Å². The molecule has 1 unspecified atom stereocenters. The summed E-state index contributed by atoms with van der Waals surface area (Å²) in [5.41, 5.74) is 3.61. The van der Waals surface area contributed by atoms with Crippen LogP contribution in [0, 0.1) is 0 Å². The second-order valence-corrected chi connectivity index (χ2v) is 14.4. The van der Waals surface area contributed by atoms with Crippen LogP contribution >= 0.6 is 0 Å². The van der Waals surface area contributed by atoms with Crippen LogP contribution in [0.3, 0.4) is 0 Å². The summed E-state index contributed by atoms with van der Waals surface area (Å²) in [4.78, 5) is 14.1. The lowest BCUT2D eigenvalue weighted by atomic mass is 9.84. The molecule has 0 aliphatic carbocycles. The Balaban J connectivity index is 1.15. The Hall–Kier alpha value is -6.01. The number of methoxy groups -OCH3 is 4. The van der Waals surface area contributed by atoms with Crippen molar-refractivity contribution >= 4 is 27.6 Å². The molecular formula is C48H51NO10. The van der Waals surface area contributed by atoms with Crippen LogP contribution in [-0.4, -0.2) is 83.1 Å². The van der Waals surface area contributed by atoms with Crippen molar-refractivity contribution in [1.82, 2.24) is 4.90 Å². The van der Waals surface area contributed by atoms with Crippen molar-refractivity contribution in [3.05, 3.63) is 138 Å². The molecule has 0 aromatic heterocycles. The van der Waals surface area contributed by atoms with Gasteiger partial charge in [0.05, 0.1) is 86.8 Å². The maximum Gasteiger partial charge on any atom is 0.407 e. The molecule has 1 amide bonds. The summed E-state index contributed by atoms with van der Waals surface area (Å²) in [5, 5.41) is 14.0. The standard InChI is InChI=1S/C48H51NO10/c1-52-41-25-34(46(54-3)39-17-10-8-15-37(39)41)30-58-43-27-49(48(50)51)28-44(59-31-35-26-42(53-2)38-16-9-11-18-40(38)47(35)55-4)45(43)33-19-21-36(22-20-33)57-24-12-23-56-29-32-13-6-5-7-14-32/h5-11,13-22,25-26,43-45H,12,23-24,27-31H2,1-4H3,(H,50,51)/t43-,44+,45?. The minimum absolute atomic E-state index is 0.126. The van der Waals surface area contributed by atoms with Crippen LogP contribution in [0.15, 0.2) is 115 Å². The van der Waals surface area contributed by atoms with E-state index >= 15 is 0 Å². The average molecular weight is 802 g/mol. The van der Waals surface area contributed by atoms with Crippen LogP contribution in [0.4, 0.5) is 4.79 Å². The molecule has 6 aromatic rings. The number of rotatable bonds is 18. The van der Waals surface area contributed by atoms with Crippen LogP contribution in [0.2, 0.25) is 0 Å². The maximum absolute atomic E-state index is 12.7. The van der Waals surface area contributed by atoms with Gasteiger partial charge in [-0.05, 0) is 35.4 Å². The molecule has 11 nitrogen and oxygen atoms in total. The number of benzene rings is 6. The summed E-state index contributed by atoms with van der Waals surface area (Å²) in [6.45, 7) is 2.16. The second-order valence-electron chi connectivity index (χ2n) is 14.4. The Morgan fingerprint density at radius 2 is 1.12 bits per heavy atom.